The molecule has 0 radical (unpaired) electrons. The first-order valence-electron chi connectivity index (χ1n) is 5.08. The Bertz CT molecular complexity index is 371. The molecule has 0 aliphatic heterocycles. The van der Waals surface area contributed by atoms with Gasteiger partial charge in [0.15, 0.2) is 0 Å². The molecule has 3 nitrogen and oxygen atoms in total. The molecule has 1 aromatic carbocycles. The van der Waals surface area contributed by atoms with Crippen LogP contribution in [0.5, 0.6) is 0 Å². The van der Waals surface area contributed by atoms with Gasteiger partial charge in [-0.3, -0.25) is 4.79 Å². The predicted octanol–water partition coefficient (Wildman–Crippen LogP) is 2.06. The number of nitrogens with one attached hydrogen (secondary N) is 1. The molecule has 88 valence electrons. The Hall–Kier alpha value is -0.940. The van der Waals surface area contributed by atoms with Crippen molar-refractivity contribution in [3.63, 3.8) is 0 Å². The summed E-state index contributed by atoms with van der Waals surface area (Å²) in [6.07, 6.45) is 1.65. The van der Waals surface area contributed by atoms with Crippen LogP contribution in [-0.2, 0) is 0 Å². The van der Waals surface area contributed by atoms with Gasteiger partial charge in [-0.1, -0.05) is 15.9 Å². The fourth-order valence-corrected chi connectivity index (χ4v) is 1.60. The number of amides is 1. The quantitative estimate of drug-likeness (QED) is 0.815. The normalized spacial score (nSPS) is 10.2. The lowest BCUT2D eigenvalue weighted by molar-refractivity contribution is 0.0949. The van der Waals surface area contributed by atoms with Crippen molar-refractivity contribution in [3.8, 4) is 0 Å². The Morgan fingerprint density at radius 1 is 1.44 bits per heavy atom. The molecule has 1 aromatic rings. The van der Waals surface area contributed by atoms with Gasteiger partial charge in [0.2, 0.25) is 0 Å². The maximum atomic E-state index is 13.3. The highest BCUT2D eigenvalue weighted by molar-refractivity contribution is 9.10. The molecule has 0 bridgehead atoms. The molecular formula is C11H14BrFN2O. The molecule has 0 aliphatic rings. The highest BCUT2D eigenvalue weighted by Crippen LogP contribution is 2.15. The van der Waals surface area contributed by atoms with Crippen LogP contribution >= 0.6 is 15.9 Å². The van der Waals surface area contributed by atoms with E-state index in [0.717, 1.165) is 12.8 Å². The topological polar surface area (TPSA) is 55.1 Å². The van der Waals surface area contributed by atoms with Crippen molar-refractivity contribution in [3.05, 3.63) is 34.1 Å². The largest absolute Gasteiger partial charge is 0.352 e. The standard InChI is InChI=1S/C11H14BrFN2O/c12-8-3-4-10(13)9(7-8)11(16)15-6-2-1-5-14/h3-4,7H,1-2,5-6,14H2,(H,15,16). The van der Waals surface area contributed by atoms with E-state index in [1.165, 1.54) is 12.1 Å². The van der Waals surface area contributed by atoms with E-state index in [-0.39, 0.29) is 5.56 Å². The van der Waals surface area contributed by atoms with E-state index in [4.69, 9.17) is 5.73 Å². The van der Waals surface area contributed by atoms with Crippen LogP contribution in [0.1, 0.15) is 23.2 Å². The van der Waals surface area contributed by atoms with Crippen LogP contribution in [0.2, 0.25) is 0 Å². The molecule has 5 heteroatoms. The van der Waals surface area contributed by atoms with Gasteiger partial charge in [0.1, 0.15) is 5.82 Å². The average molecular weight is 289 g/mol. The molecule has 1 amide bonds. The molecule has 0 fully saturated rings. The number of rotatable bonds is 5. The second-order valence-electron chi connectivity index (χ2n) is 3.38. The van der Waals surface area contributed by atoms with Gasteiger partial charge >= 0.3 is 0 Å². The molecule has 0 atom stereocenters. The van der Waals surface area contributed by atoms with Crippen LogP contribution in [0.3, 0.4) is 0 Å². The Morgan fingerprint density at radius 2 is 2.19 bits per heavy atom. The summed E-state index contributed by atoms with van der Waals surface area (Å²) >= 11 is 3.19. The van der Waals surface area contributed by atoms with E-state index in [1.54, 1.807) is 6.07 Å². The summed E-state index contributed by atoms with van der Waals surface area (Å²) in [6.45, 7) is 1.11. The summed E-state index contributed by atoms with van der Waals surface area (Å²) in [5, 5.41) is 2.65. The molecule has 0 aliphatic carbocycles. The molecule has 1 rings (SSSR count). The molecule has 0 heterocycles. The second kappa shape index (κ2) is 6.60. The second-order valence-corrected chi connectivity index (χ2v) is 4.29. The number of nitrogens with two attached hydrogens (primary N) is 1. The highest BCUT2D eigenvalue weighted by Gasteiger charge is 2.10. The molecule has 0 saturated carbocycles. The fraction of sp³-hybridized carbons (Fsp3) is 0.364. The van der Waals surface area contributed by atoms with Gasteiger partial charge in [0, 0.05) is 11.0 Å². The van der Waals surface area contributed by atoms with Crippen molar-refractivity contribution < 1.29 is 9.18 Å². The van der Waals surface area contributed by atoms with E-state index < -0.39 is 11.7 Å². The van der Waals surface area contributed by atoms with Crippen molar-refractivity contribution >= 4 is 21.8 Å². The first-order chi connectivity index (χ1) is 7.65. The Labute approximate surface area is 102 Å². The van der Waals surface area contributed by atoms with Gasteiger partial charge in [-0.15, -0.1) is 0 Å². The van der Waals surface area contributed by atoms with E-state index in [9.17, 15) is 9.18 Å². The highest BCUT2D eigenvalue weighted by atomic mass is 79.9. The van der Waals surface area contributed by atoms with Crippen LogP contribution in [0, 0.1) is 5.82 Å². The van der Waals surface area contributed by atoms with Crippen molar-refractivity contribution in [2.24, 2.45) is 5.73 Å². The van der Waals surface area contributed by atoms with Crippen LogP contribution in [0.15, 0.2) is 22.7 Å². The molecule has 0 aromatic heterocycles. The Morgan fingerprint density at radius 3 is 2.88 bits per heavy atom. The van der Waals surface area contributed by atoms with Crippen LogP contribution in [0.4, 0.5) is 4.39 Å². The third-order valence-corrected chi connectivity index (χ3v) is 2.58. The first kappa shape index (κ1) is 13.1. The average Bonchev–Trinajstić information content (AvgIpc) is 2.27. The Balaban J connectivity index is 2.55. The van der Waals surface area contributed by atoms with E-state index >= 15 is 0 Å². The molecule has 0 spiro atoms. The zero-order chi connectivity index (χ0) is 12.0. The van der Waals surface area contributed by atoms with Gasteiger partial charge in [-0.05, 0) is 37.6 Å². The lowest BCUT2D eigenvalue weighted by Gasteiger charge is -2.06. The van der Waals surface area contributed by atoms with Gasteiger partial charge in [0.25, 0.3) is 5.91 Å². The summed E-state index contributed by atoms with van der Waals surface area (Å²) in [5.74, 6) is -0.907. The summed E-state index contributed by atoms with van der Waals surface area (Å²) in [4.78, 5) is 11.6. The lowest BCUT2D eigenvalue weighted by atomic mass is 10.2. The fourth-order valence-electron chi connectivity index (χ4n) is 1.24. The summed E-state index contributed by atoms with van der Waals surface area (Å²) in [7, 11) is 0. The minimum Gasteiger partial charge on any atom is -0.352 e. The van der Waals surface area contributed by atoms with Crippen LogP contribution in [-0.4, -0.2) is 19.0 Å². The smallest absolute Gasteiger partial charge is 0.254 e. The van der Waals surface area contributed by atoms with Gasteiger partial charge in [-0.2, -0.15) is 0 Å². The predicted molar refractivity (Wildman–Crippen MR) is 64.7 cm³/mol. The van der Waals surface area contributed by atoms with Gasteiger partial charge in [0.05, 0.1) is 5.56 Å². The lowest BCUT2D eigenvalue weighted by Crippen LogP contribution is -2.25. The van der Waals surface area contributed by atoms with Crippen LogP contribution in [0.25, 0.3) is 0 Å². The van der Waals surface area contributed by atoms with E-state index in [2.05, 4.69) is 21.2 Å². The SMILES string of the molecule is NCCCCNC(=O)c1cc(Br)ccc1F. The van der Waals surface area contributed by atoms with Gasteiger partial charge in [-0.25, -0.2) is 4.39 Å². The maximum absolute atomic E-state index is 13.3. The minimum absolute atomic E-state index is 0.0575. The van der Waals surface area contributed by atoms with E-state index in [0.29, 0.717) is 17.6 Å². The third-order valence-electron chi connectivity index (χ3n) is 2.09. The van der Waals surface area contributed by atoms with Crippen molar-refractivity contribution in [1.29, 1.82) is 0 Å². The summed E-state index contributed by atoms with van der Waals surface area (Å²) in [5.41, 5.74) is 5.38. The first-order valence-corrected chi connectivity index (χ1v) is 5.87. The number of hydrogen-bond donors (Lipinski definition) is 2. The zero-order valence-electron chi connectivity index (χ0n) is 8.80. The molecule has 0 saturated heterocycles. The number of carbonyl (C=O) groups is 1. The number of unbranched alkanes of at least 4 members (excludes halogenated alkanes) is 1. The zero-order valence-corrected chi connectivity index (χ0v) is 10.4. The number of hydrogen-bond acceptors (Lipinski definition) is 2. The third kappa shape index (κ3) is 3.90. The summed E-state index contributed by atoms with van der Waals surface area (Å²) in [6, 6.07) is 4.28. The van der Waals surface area contributed by atoms with Gasteiger partial charge < -0.3 is 11.1 Å². The van der Waals surface area contributed by atoms with Crippen molar-refractivity contribution in [1.82, 2.24) is 5.32 Å². The molecule has 16 heavy (non-hydrogen) atoms. The van der Waals surface area contributed by atoms with Crippen LogP contribution < -0.4 is 11.1 Å². The Kier molecular flexibility index (Phi) is 5.42. The molecule has 3 N–H and O–H groups in total. The summed E-state index contributed by atoms with van der Waals surface area (Å²) < 4.78 is 14.0. The maximum Gasteiger partial charge on any atom is 0.254 e. The van der Waals surface area contributed by atoms with Crippen molar-refractivity contribution in [2.75, 3.05) is 13.1 Å². The number of benzene rings is 1. The number of halogens is 2. The molecular weight excluding hydrogens is 275 g/mol. The van der Waals surface area contributed by atoms with Crippen molar-refractivity contribution in [2.45, 2.75) is 12.8 Å². The van der Waals surface area contributed by atoms with E-state index in [1.807, 2.05) is 0 Å². The minimum atomic E-state index is -0.514. The number of carbonyl (C=O) groups excluding carboxylic acids is 1. The molecule has 0 unspecified atom stereocenters. The monoisotopic (exact) mass is 288 g/mol.